The van der Waals surface area contributed by atoms with Crippen LogP contribution in [0.2, 0.25) is 0 Å². The number of fused-ring (bicyclic) bond motifs is 1. The molecule has 2 aromatic rings. The van der Waals surface area contributed by atoms with Crippen molar-refractivity contribution in [2.75, 3.05) is 12.3 Å². The van der Waals surface area contributed by atoms with Gasteiger partial charge in [0.2, 0.25) is 11.9 Å². The highest BCUT2D eigenvalue weighted by atomic mass is 16.1. The first-order chi connectivity index (χ1) is 12.0. The van der Waals surface area contributed by atoms with Gasteiger partial charge in [-0.2, -0.15) is 0 Å². The number of carbonyl (C=O) groups excluding carboxylic acids is 1. The number of hydrogen-bond donors (Lipinski definition) is 3. The Kier molecular flexibility index (Phi) is 4.94. The number of carbonyl (C=O) groups is 1. The molecule has 1 aliphatic heterocycles. The van der Waals surface area contributed by atoms with Gasteiger partial charge in [0.05, 0.1) is 6.42 Å². The minimum atomic E-state index is -0.0505. The highest BCUT2D eigenvalue weighted by Crippen LogP contribution is 2.20. The predicted octanol–water partition coefficient (Wildman–Crippen LogP) is 0.884. The zero-order chi connectivity index (χ0) is 18.0. The van der Waals surface area contributed by atoms with Gasteiger partial charge in [-0.25, -0.2) is 9.97 Å². The number of hydrogen-bond acceptors (Lipinski definition) is 6. The van der Waals surface area contributed by atoms with Gasteiger partial charge in [-0.3, -0.25) is 9.78 Å². The van der Waals surface area contributed by atoms with E-state index in [1.54, 1.807) is 0 Å². The quantitative estimate of drug-likeness (QED) is 0.763. The Morgan fingerprint density at radius 1 is 1.20 bits per heavy atom. The lowest BCUT2D eigenvalue weighted by atomic mass is 9.96. The highest BCUT2D eigenvalue weighted by Gasteiger charge is 2.17. The largest absolute Gasteiger partial charge is 0.368 e. The van der Waals surface area contributed by atoms with Crippen LogP contribution in [0, 0.1) is 20.8 Å². The van der Waals surface area contributed by atoms with Crippen molar-refractivity contribution in [3.63, 3.8) is 0 Å². The van der Waals surface area contributed by atoms with Crippen LogP contribution in [-0.2, 0) is 30.7 Å². The molecule has 4 N–H and O–H groups in total. The highest BCUT2D eigenvalue weighted by molar-refractivity contribution is 5.79. The lowest BCUT2D eigenvalue weighted by molar-refractivity contribution is -0.120. The van der Waals surface area contributed by atoms with E-state index in [0.29, 0.717) is 6.54 Å². The molecule has 0 radical (unpaired) electrons. The first-order valence-electron chi connectivity index (χ1n) is 8.49. The predicted molar refractivity (Wildman–Crippen MR) is 95.9 cm³/mol. The summed E-state index contributed by atoms with van der Waals surface area (Å²) in [6, 6.07) is 0. The molecule has 0 aromatic carbocycles. The van der Waals surface area contributed by atoms with E-state index in [1.807, 2.05) is 27.0 Å². The Hall–Kier alpha value is -2.54. The molecule has 132 valence electrons. The Morgan fingerprint density at radius 2 is 1.92 bits per heavy atom. The van der Waals surface area contributed by atoms with Crippen molar-refractivity contribution >= 4 is 11.9 Å². The van der Waals surface area contributed by atoms with Crippen molar-refractivity contribution in [1.29, 1.82) is 0 Å². The SMILES string of the molecule is Cc1nc(N)nc(C)c1CC(=O)NCc1c(C)ncc2c1CCNC2. The molecule has 3 rings (SSSR count). The summed E-state index contributed by atoms with van der Waals surface area (Å²) in [4.78, 5) is 25.2. The monoisotopic (exact) mass is 340 g/mol. The van der Waals surface area contributed by atoms with E-state index in [9.17, 15) is 4.79 Å². The Balaban J connectivity index is 1.72. The fraction of sp³-hybridized carbons (Fsp3) is 0.444. The molecule has 7 nitrogen and oxygen atoms in total. The van der Waals surface area contributed by atoms with Crippen molar-refractivity contribution < 1.29 is 4.79 Å². The maximum atomic E-state index is 12.4. The van der Waals surface area contributed by atoms with E-state index in [4.69, 9.17) is 5.73 Å². The molecule has 25 heavy (non-hydrogen) atoms. The molecule has 1 amide bonds. The molecular weight excluding hydrogens is 316 g/mol. The fourth-order valence-corrected chi connectivity index (χ4v) is 3.31. The molecule has 0 bridgehead atoms. The Labute approximate surface area is 147 Å². The van der Waals surface area contributed by atoms with Gasteiger partial charge < -0.3 is 16.4 Å². The summed E-state index contributed by atoms with van der Waals surface area (Å²) in [5.74, 6) is 0.191. The molecule has 0 spiro atoms. The molecule has 0 atom stereocenters. The summed E-state index contributed by atoms with van der Waals surface area (Å²) < 4.78 is 0. The van der Waals surface area contributed by atoms with Crippen LogP contribution in [0.15, 0.2) is 6.20 Å². The molecular formula is C18H24N6O. The van der Waals surface area contributed by atoms with Crippen LogP contribution >= 0.6 is 0 Å². The van der Waals surface area contributed by atoms with Crippen LogP contribution < -0.4 is 16.4 Å². The zero-order valence-electron chi connectivity index (χ0n) is 14.9. The average Bonchev–Trinajstić information content (AvgIpc) is 2.57. The van der Waals surface area contributed by atoms with Gasteiger partial charge in [0, 0.05) is 41.9 Å². The summed E-state index contributed by atoms with van der Waals surface area (Å²) >= 11 is 0. The molecule has 0 fully saturated rings. The van der Waals surface area contributed by atoms with Crippen LogP contribution in [-0.4, -0.2) is 27.4 Å². The third-order valence-electron chi connectivity index (χ3n) is 4.71. The van der Waals surface area contributed by atoms with Crippen molar-refractivity contribution in [1.82, 2.24) is 25.6 Å². The molecule has 1 aliphatic rings. The summed E-state index contributed by atoms with van der Waals surface area (Å²) in [6.07, 6.45) is 3.15. The maximum absolute atomic E-state index is 12.4. The number of aromatic nitrogens is 3. The van der Waals surface area contributed by atoms with Crippen molar-refractivity contribution in [2.24, 2.45) is 0 Å². The second-order valence-electron chi connectivity index (χ2n) is 6.44. The van der Waals surface area contributed by atoms with Crippen LogP contribution in [0.1, 0.15) is 39.3 Å². The van der Waals surface area contributed by atoms with Crippen LogP contribution in [0.25, 0.3) is 0 Å². The van der Waals surface area contributed by atoms with Gasteiger partial charge in [-0.15, -0.1) is 0 Å². The van der Waals surface area contributed by atoms with Crippen molar-refractivity contribution in [2.45, 2.75) is 46.7 Å². The van der Waals surface area contributed by atoms with Crippen LogP contribution in [0.4, 0.5) is 5.95 Å². The molecule has 7 heteroatoms. The number of anilines is 1. The number of nitrogens with zero attached hydrogens (tertiary/aromatic N) is 3. The Morgan fingerprint density at radius 3 is 2.64 bits per heavy atom. The van der Waals surface area contributed by atoms with E-state index in [1.165, 1.54) is 11.1 Å². The first-order valence-corrected chi connectivity index (χ1v) is 8.49. The van der Waals surface area contributed by atoms with Gasteiger partial charge in [0.15, 0.2) is 0 Å². The zero-order valence-corrected chi connectivity index (χ0v) is 14.9. The number of nitrogens with one attached hydrogen (secondary N) is 2. The lowest BCUT2D eigenvalue weighted by Gasteiger charge is -2.21. The van der Waals surface area contributed by atoms with Gasteiger partial charge in [0.25, 0.3) is 0 Å². The minimum absolute atomic E-state index is 0.0505. The van der Waals surface area contributed by atoms with Gasteiger partial charge in [-0.1, -0.05) is 0 Å². The molecule has 0 saturated carbocycles. The number of pyridine rings is 1. The number of aryl methyl sites for hydroxylation is 3. The first kappa shape index (κ1) is 17.3. The van der Waals surface area contributed by atoms with Gasteiger partial charge >= 0.3 is 0 Å². The third kappa shape index (κ3) is 3.76. The molecule has 0 unspecified atom stereocenters. The topological polar surface area (TPSA) is 106 Å². The van der Waals surface area contributed by atoms with E-state index in [-0.39, 0.29) is 18.3 Å². The summed E-state index contributed by atoms with van der Waals surface area (Å²) in [5, 5.41) is 6.37. The van der Waals surface area contributed by atoms with Crippen LogP contribution in [0.3, 0.4) is 0 Å². The lowest BCUT2D eigenvalue weighted by Crippen LogP contribution is -2.29. The summed E-state index contributed by atoms with van der Waals surface area (Å²) in [7, 11) is 0. The second kappa shape index (κ2) is 7.14. The van der Waals surface area contributed by atoms with E-state index < -0.39 is 0 Å². The van der Waals surface area contributed by atoms with E-state index >= 15 is 0 Å². The average molecular weight is 340 g/mol. The van der Waals surface area contributed by atoms with Crippen LogP contribution in [0.5, 0.6) is 0 Å². The molecule has 0 saturated heterocycles. The van der Waals surface area contributed by atoms with Gasteiger partial charge in [-0.05, 0) is 50.4 Å². The maximum Gasteiger partial charge on any atom is 0.224 e. The molecule has 0 aliphatic carbocycles. The molecule has 3 heterocycles. The second-order valence-corrected chi connectivity index (χ2v) is 6.44. The van der Waals surface area contributed by atoms with Crippen molar-refractivity contribution in [3.8, 4) is 0 Å². The smallest absolute Gasteiger partial charge is 0.224 e. The summed E-state index contributed by atoms with van der Waals surface area (Å²) in [6.45, 7) is 7.98. The van der Waals surface area contributed by atoms with Gasteiger partial charge in [0.1, 0.15) is 0 Å². The third-order valence-corrected chi connectivity index (χ3v) is 4.71. The van der Waals surface area contributed by atoms with E-state index in [2.05, 4.69) is 25.6 Å². The minimum Gasteiger partial charge on any atom is -0.368 e. The van der Waals surface area contributed by atoms with Crippen molar-refractivity contribution in [3.05, 3.63) is 45.5 Å². The number of rotatable bonds is 4. The number of nitrogen functional groups attached to an aromatic ring is 1. The number of nitrogens with two attached hydrogens (primary N) is 1. The number of amides is 1. The Bertz CT molecular complexity index is 794. The normalized spacial score (nSPS) is 13.4. The standard InChI is InChI=1S/C18H24N6O/c1-10-16(14-4-5-20-7-13(14)8-21-10)9-22-17(25)6-15-11(2)23-18(19)24-12(15)3/h8,20H,4-7,9H2,1-3H3,(H,22,25)(H2,19,23,24). The summed E-state index contributed by atoms with van der Waals surface area (Å²) in [5.41, 5.74) is 12.6. The molecule has 2 aromatic heterocycles. The fourth-order valence-electron chi connectivity index (χ4n) is 3.31. The van der Waals surface area contributed by atoms with E-state index in [0.717, 1.165) is 47.7 Å².